The first-order valence-corrected chi connectivity index (χ1v) is 6.99. The molecule has 0 heterocycles. The lowest BCUT2D eigenvalue weighted by Gasteiger charge is -2.12. The summed E-state index contributed by atoms with van der Waals surface area (Å²) in [6.07, 6.45) is 5.28. The molecule has 1 aliphatic carbocycles. The van der Waals surface area contributed by atoms with Crippen LogP contribution in [-0.2, 0) is 11.2 Å². The number of aryl methyl sites for hydroxylation is 1. The van der Waals surface area contributed by atoms with Crippen LogP contribution in [0.1, 0.15) is 36.8 Å². The Kier molecular flexibility index (Phi) is 4.21. The largest absolute Gasteiger partial charge is 0.353 e. The van der Waals surface area contributed by atoms with Crippen molar-refractivity contribution in [2.24, 2.45) is 0 Å². The summed E-state index contributed by atoms with van der Waals surface area (Å²) in [6, 6.07) is 6.50. The van der Waals surface area contributed by atoms with E-state index in [1.165, 1.54) is 18.4 Å². The van der Waals surface area contributed by atoms with Gasteiger partial charge >= 0.3 is 0 Å². The average molecular weight is 296 g/mol. The third kappa shape index (κ3) is 3.56. The minimum atomic E-state index is 0.152. The molecule has 1 amide bonds. The number of amides is 1. The Morgan fingerprint density at radius 3 is 2.76 bits per heavy atom. The Labute approximate surface area is 111 Å². The second kappa shape index (κ2) is 5.67. The SMILES string of the molecule is Cc1cc(CC(=O)NC2CCCC2)ccc1Br. The number of nitrogens with one attached hydrogen (secondary N) is 1. The highest BCUT2D eigenvalue weighted by molar-refractivity contribution is 9.10. The Morgan fingerprint density at radius 1 is 1.41 bits per heavy atom. The van der Waals surface area contributed by atoms with Gasteiger partial charge in [0.15, 0.2) is 0 Å². The van der Waals surface area contributed by atoms with Crippen LogP contribution >= 0.6 is 15.9 Å². The van der Waals surface area contributed by atoms with E-state index in [1.807, 2.05) is 19.1 Å². The maximum absolute atomic E-state index is 11.8. The molecule has 1 aromatic carbocycles. The van der Waals surface area contributed by atoms with Gasteiger partial charge in [-0.25, -0.2) is 0 Å². The smallest absolute Gasteiger partial charge is 0.224 e. The number of halogens is 1. The minimum Gasteiger partial charge on any atom is -0.353 e. The summed E-state index contributed by atoms with van der Waals surface area (Å²) < 4.78 is 1.09. The van der Waals surface area contributed by atoms with Crippen molar-refractivity contribution in [1.29, 1.82) is 0 Å². The Morgan fingerprint density at radius 2 is 2.12 bits per heavy atom. The molecule has 1 fully saturated rings. The Hall–Kier alpha value is -0.830. The molecule has 92 valence electrons. The third-order valence-corrected chi connectivity index (χ3v) is 4.20. The van der Waals surface area contributed by atoms with E-state index in [1.54, 1.807) is 0 Å². The standard InChI is InChI=1S/C14H18BrNO/c1-10-8-11(6-7-13(10)15)9-14(17)16-12-4-2-3-5-12/h6-8,12H,2-5,9H2,1H3,(H,16,17). The van der Waals surface area contributed by atoms with Crippen LogP contribution in [0, 0.1) is 6.92 Å². The second-order valence-electron chi connectivity index (χ2n) is 4.81. The van der Waals surface area contributed by atoms with E-state index in [-0.39, 0.29) is 5.91 Å². The zero-order valence-corrected chi connectivity index (χ0v) is 11.7. The van der Waals surface area contributed by atoms with E-state index in [4.69, 9.17) is 0 Å². The summed E-state index contributed by atoms with van der Waals surface area (Å²) >= 11 is 3.47. The molecule has 0 bridgehead atoms. The fourth-order valence-corrected chi connectivity index (χ4v) is 2.60. The molecule has 1 N–H and O–H groups in total. The first kappa shape index (κ1) is 12.6. The van der Waals surface area contributed by atoms with Crippen molar-refractivity contribution >= 4 is 21.8 Å². The van der Waals surface area contributed by atoms with Gasteiger partial charge in [-0.3, -0.25) is 4.79 Å². The summed E-state index contributed by atoms with van der Waals surface area (Å²) in [5.41, 5.74) is 2.26. The van der Waals surface area contributed by atoms with Gasteiger partial charge in [-0.2, -0.15) is 0 Å². The molecule has 1 saturated carbocycles. The highest BCUT2D eigenvalue weighted by Crippen LogP contribution is 2.19. The molecular weight excluding hydrogens is 278 g/mol. The molecule has 0 aromatic heterocycles. The Balaban J connectivity index is 1.90. The molecule has 2 nitrogen and oxygen atoms in total. The first-order valence-electron chi connectivity index (χ1n) is 6.19. The lowest BCUT2D eigenvalue weighted by atomic mass is 10.1. The van der Waals surface area contributed by atoms with E-state index < -0.39 is 0 Å². The van der Waals surface area contributed by atoms with Crippen LogP contribution in [0.2, 0.25) is 0 Å². The molecule has 0 atom stereocenters. The Bertz CT molecular complexity index is 411. The van der Waals surface area contributed by atoms with Gasteiger partial charge < -0.3 is 5.32 Å². The van der Waals surface area contributed by atoms with Crippen LogP contribution in [0.4, 0.5) is 0 Å². The maximum Gasteiger partial charge on any atom is 0.224 e. The first-order chi connectivity index (χ1) is 8.15. The highest BCUT2D eigenvalue weighted by atomic mass is 79.9. The minimum absolute atomic E-state index is 0.152. The predicted octanol–water partition coefficient (Wildman–Crippen LogP) is 3.36. The maximum atomic E-state index is 11.8. The second-order valence-corrected chi connectivity index (χ2v) is 5.66. The lowest BCUT2D eigenvalue weighted by Crippen LogP contribution is -2.33. The molecule has 0 unspecified atom stereocenters. The average Bonchev–Trinajstić information content (AvgIpc) is 2.76. The highest BCUT2D eigenvalue weighted by Gasteiger charge is 2.17. The zero-order chi connectivity index (χ0) is 12.3. The molecule has 0 spiro atoms. The quantitative estimate of drug-likeness (QED) is 0.910. The fourth-order valence-electron chi connectivity index (χ4n) is 2.35. The van der Waals surface area contributed by atoms with E-state index in [0.29, 0.717) is 12.5 Å². The van der Waals surface area contributed by atoms with Gasteiger partial charge in [0.2, 0.25) is 5.91 Å². The van der Waals surface area contributed by atoms with Crippen LogP contribution in [0.3, 0.4) is 0 Å². The summed E-state index contributed by atoms with van der Waals surface area (Å²) in [4.78, 5) is 11.8. The summed E-state index contributed by atoms with van der Waals surface area (Å²) in [6.45, 7) is 2.04. The van der Waals surface area contributed by atoms with E-state index in [9.17, 15) is 4.79 Å². The van der Waals surface area contributed by atoms with E-state index in [2.05, 4.69) is 27.3 Å². The fraction of sp³-hybridized carbons (Fsp3) is 0.500. The third-order valence-electron chi connectivity index (χ3n) is 3.31. The van der Waals surface area contributed by atoms with E-state index in [0.717, 1.165) is 22.9 Å². The number of hydrogen-bond donors (Lipinski definition) is 1. The van der Waals surface area contributed by atoms with Crippen molar-refractivity contribution < 1.29 is 4.79 Å². The molecular formula is C14H18BrNO. The summed E-state index contributed by atoms with van der Waals surface area (Å²) in [5.74, 6) is 0.152. The number of benzene rings is 1. The number of carbonyl (C=O) groups excluding carboxylic acids is 1. The predicted molar refractivity (Wildman–Crippen MR) is 73.0 cm³/mol. The van der Waals surface area contributed by atoms with Crippen LogP contribution < -0.4 is 5.32 Å². The van der Waals surface area contributed by atoms with Crippen molar-refractivity contribution in [2.45, 2.75) is 45.1 Å². The van der Waals surface area contributed by atoms with Crippen LogP contribution in [-0.4, -0.2) is 11.9 Å². The van der Waals surface area contributed by atoms with Crippen molar-refractivity contribution in [1.82, 2.24) is 5.32 Å². The number of hydrogen-bond acceptors (Lipinski definition) is 1. The topological polar surface area (TPSA) is 29.1 Å². The summed E-state index contributed by atoms with van der Waals surface area (Å²) in [7, 11) is 0. The number of rotatable bonds is 3. The summed E-state index contributed by atoms with van der Waals surface area (Å²) in [5, 5.41) is 3.11. The molecule has 0 saturated heterocycles. The van der Waals surface area contributed by atoms with Crippen molar-refractivity contribution in [2.75, 3.05) is 0 Å². The monoisotopic (exact) mass is 295 g/mol. The van der Waals surface area contributed by atoms with Gasteiger partial charge in [-0.1, -0.05) is 40.9 Å². The number of carbonyl (C=O) groups is 1. The van der Waals surface area contributed by atoms with Gasteiger partial charge in [0.1, 0.15) is 0 Å². The lowest BCUT2D eigenvalue weighted by molar-refractivity contribution is -0.121. The molecule has 1 aliphatic rings. The van der Waals surface area contributed by atoms with Gasteiger partial charge in [-0.15, -0.1) is 0 Å². The molecule has 3 heteroatoms. The molecule has 0 radical (unpaired) electrons. The van der Waals surface area contributed by atoms with Crippen LogP contribution in [0.25, 0.3) is 0 Å². The molecule has 0 aliphatic heterocycles. The van der Waals surface area contributed by atoms with Crippen molar-refractivity contribution in [3.63, 3.8) is 0 Å². The van der Waals surface area contributed by atoms with Gasteiger partial charge in [0, 0.05) is 10.5 Å². The van der Waals surface area contributed by atoms with Crippen LogP contribution in [0.15, 0.2) is 22.7 Å². The van der Waals surface area contributed by atoms with Crippen LogP contribution in [0.5, 0.6) is 0 Å². The van der Waals surface area contributed by atoms with Gasteiger partial charge in [-0.05, 0) is 37.0 Å². The van der Waals surface area contributed by atoms with Gasteiger partial charge in [0.05, 0.1) is 6.42 Å². The van der Waals surface area contributed by atoms with E-state index >= 15 is 0 Å². The van der Waals surface area contributed by atoms with Gasteiger partial charge in [0.25, 0.3) is 0 Å². The van der Waals surface area contributed by atoms with Crippen molar-refractivity contribution in [3.05, 3.63) is 33.8 Å². The normalized spacial score (nSPS) is 16.1. The molecule has 17 heavy (non-hydrogen) atoms. The molecule has 1 aromatic rings. The zero-order valence-electron chi connectivity index (χ0n) is 10.1. The molecule has 2 rings (SSSR count). The van der Waals surface area contributed by atoms with Crippen molar-refractivity contribution in [3.8, 4) is 0 Å².